The average molecular weight is 325 g/mol. The predicted octanol–water partition coefficient (Wildman–Crippen LogP) is 3.66. The largest absolute Gasteiger partial charge is 0.395 e. The van der Waals surface area contributed by atoms with E-state index in [1.807, 2.05) is 42.5 Å². The highest BCUT2D eigenvalue weighted by Gasteiger charge is 2.17. The number of aliphatic hydroxyl groups is 1. The summed E-state index contributed by atoms with van der Waals surface area (Å²) < 4.78 is 0. The molecule has 0 aliphatic rings. The fraction of sp³-hybridized carbons (Fsp3) is 0.381. The molecular formula is C21H27NO2. The van der Waals surface area contributed by atoms with Gasteiger partial charge in [0.25, 0.3) is 5.91 Å². The van der Waals surface area contributed by atoms with E-state index < -0.39 is 0 Å². The minimum atomic E-state index is -0.0274. The molecule has 0 fully saturated rings. The lowest BCUT2D eigenvalue weighted by atomic mass is 9.86. The van der Waals surface area contributed by atoms with Crippen molar-refractivity contribution in [2.75, 3.05) is 19.7 Å². The molecule has 24 heavy (non-hydrogen) atoms. The van der Waals surface area contributed by atoms with Crippen molar-refractivity contribution < 1.29 is 9.90 Å². The molecular weight excluding hydrogens is 298 g/mol. The molecule has 0 aliphatic heterocycles. The first-order valence-corrected chi connectivity index (χ1v) is 8.46. The first-order chi connectivity index (χ1) is 11.4. The van der Waals surface area contributed by atoms with Crippen molar-refractivity contribution in [3.63, 3.8) is 0 Å². The maximum atomic E-state index is 12.7. The molecule has 0 aliphatic carbocycles. The van der Waals surface area contributed by atoms with Gasteiger partial charge in [0.15, 0.2) is 0 Å². The van der Waals surface area contributed by atoms with Gasteiger partial charge in [-0.1, -0.05) is 63.2 Å². The zero-order valence-electron chi connectivity index (χ0n) is 14.8. The Hall–Kier alpha value is -2.13. The lowest BCUT2D eigenvalue weighted by molar-refractivity contribution is 0.0724. The van der Waals surface area contributed by atoms with E-state index in [-0.39, 0.29) is 17.9 Å². The molecule has 1 amide bonds. The minimum Gasteiger partial charge on any atom is -0.395 e. The second-order valence-electron chi connectivity index (χ2n) is 7.08. The molecule has 128 valence electrons. The van der Waals surface area contributed by atoms with E-state index in [9.17, 15) is 9.90 Å². The Morgan fingerprint density at radius 1 is 0.958 bits per heavy atom. The highest BCUT2D eigenvalue weighted by Crippen LogP contribution is 2.22. The summed E-state index contributed by atoms with van der Waals surface area (Å²) in [6.07, 6.45) is 0.784. The van der Waals surface area contributed by atoms with Gasteiger partial charge in [0.1, 0.15) is 0 Å². The summed E-state index contributed by atoms with van der Waals surface area (Å²) in [4.78, 5) is 14.5. The Bertz CT molecular complexity index is 642. The lowest BCUT2D eigenvalue weighted by Crippen LogP contribution is -2.35. The van der Waals surface area contributed by atoms with Crippen LogP contribution < -0.4 is 0 Å². The number of amides is 1. The maximum absolute atomic E-state index is 12.7. The van der Waals surface area contributed by atoms with Gasteiger partial charge in [-0.3, -0.25) is 4.79 Å². The summed E-state index contributed by atoms with van der Waals surface area (Å²) in [6, 6.07) is 17.9. The molecule has 0 unspecified atom stereocenters. The van der Waals surface area contributed by atoms with Crippen molar-refractivity contribution in [2.45, 2.75) is 32.6 Å². The number of carbonyl (C=O) groups excluding carboxylic acids is 1. The predicted molar refractivity (Wildman–Crippen MR) is 98.3 cm³/mol. The van der Waals surface area contributed by atoms with E-state index in [4.69, 9.17) is 0 Å². The lowest BCUT2D eigenvalue weighted by Gasteiger charge is -2.23. The molecule has 0 saturated carbocycles. The van der Waals surface area contributed by atoms with Crippen LogP contribution in [0.3, 0.4) is 0 Å². The molecule has 2 rings (SSSR count). The number of rotatable bonds is 6. The van der Waals surface area contributed by atoms with Gasteiger partial charge in [0.05, 0.1) is 6.61 Å². The first-order valence-electron chi connectivity index (χ1n) is 8.46. The van der Waals surface area contributed by atoms with Gasteiger partial charge >= 0.3 is 0 Å². The van der Waals surface area contributed by atoms with Crippen LogP contribution >= 0.6 is 0 Å². The van der Waals surface area contributed by atoms with Gasteiger partial charge in [-0.15, -0.1) is 0 Å². The molecule has 0 spiro atoms. The Kier molecular flexibility index (Phi) is 6.16. The smallest absolute Gasteiger partial charge is 0.253 e. The fourth-order valence-corrected chi connectivity index (χ4v) is 2.64. The molecule has 2 aromatic carbocycles. The number of hydrogen-bond acceptors (Lipinski definition) is 2. The van der Waals surface area contributed by atoms with Gasteiger partial charge in [-0.2, -0.15) is 0 Å². The number of aliphatic hydroxyl groups excluding tert-OH is 1. The molecule has 0 aromatic heterocycles. The van der Waals surface area contributed by atoms with Crippen molar-refractivity contribution in [1.82, 2.24) is 4.90 Å². The van der Waals surface area contributed by atoms with Crippen LogP contribution in [-0.4, -0.2) is 35.6 Å². The van der Waals surface area contributed by atoms with Crippen LogP contribution in [0.25, 0.3) is 0 Å². The number of hydrogen-bond donors (Lipinski definition) is 1. The van der Waals surface area contributed by atoms with Crippen LogP contribution in [0.2, 0.25) is 0 Å². The Morgan fingerprint density at radius 2 is 1.58 bits per heavy atom. The zero-order valence-corrected chi connectivity index (χ0v) is 14.8. The third-order valence-corrected chi connectivity index (χ3v) is 4.17. The Morgan fingerprint density at radius 3 is 2.12 bits per heavy atom. The molecule has 2 aromatic rings. The zero-order chi connectivity index (χ0) is 17.6. The molecule has 0 radical (unpaired) electrons. The topological polar surface area (TPSA) is 40.5 Å². The Balaban J connectivity index is 2.08. The van der Waals surface area contributed by atoms with Gasteiger partial charge in [-0.25, -0.2) is 0 Å². The molecule has 0 bridgehead atoms. The standard InChI is InChI=1S/C21H27NO2/c1-21(2,3)19-11-9-18(10-12-19)20(24)22(15-16-23)14-13-17-7-5-4-6-8-17/h4-12,23H,13-16H2,1-3H3. The highest BCUT2D eigenvalue weighted by molar-refractivity contribution is 5.94. The summed E-state index contributed by atoms with van der Waals surface area (Å²) in [5.41, 5.74) is 3.14. The van der Waals surface area contributed by atoms with Crippen LogP contribution in [0.4, 0.5) is 0 Å². The van der Waals surface area contributed by atoms with Gasteiger partial charge < -0.3 is 10.0 Å². The van der Waals surface area contributed by atoms with Crippen LogP contribution in [0.1, 0.15) is 42.3 Å². The quantitative estimate of drug-likeness (QED) is 0.880. The normalized spacial score (nSPS) is 11.3. The molecule has 0 saturated heterocycles. The highest BCUT2D eigenvalue weighted by atomic mass is 16.3. The van der Waals surface area contributed by atoms with Crippen molar-refractivity contribution in [2.24, 2.45) is 0 Å². The van der Waals surface area contributed by atoms with E-state index in [0.29, 0.717) is 18.7 Å². The van der Waals surface area contributed by atoms with Crippen LogP contribution in [-0.2, 0) is 11.8 Å². The van der Waals surface area contributed by atoms with E-state index >= 15 is 0 Å². The van der Waals surface area contributed by atoms with Crippen molar-refractivity contribution in [1.29, 1.82) is 0 Å². The number of nitrogens with zero attached hydrogens (tertiary/aromatic N) is 1. The average Bonchev–Trinajstić information content (AvgIpc) is 2.58. The molecule has 0 heterocycles. The third-order valence-electron chi connectivity index (χ3n) is 4.17. The van der Waals surface area contributed by atoms with E-state index in [0.717, 1.165) is 6.42 Å². The van der Waals surface area contributed by atoms with Gasteiger partial charge in [0.2, 0.25) is 0 Å². The van der Waals surface area contributed by atoms with Crippen molar-refractivity contribution in [3.8, 4) is 0 Å². The number of benzene rings is 2. The molecule has 3 heteroatoms. The second kappa shape index (κ2) is 8.11. The van der Waals surface area contributed by atoms with Crippen LogP contribution in [0, 0.1) is 0 Å². The monoisotopic (exact) mass is 325 g/mol. The first kappa shape index (κ1) is 18.2. The maximum Gasteiger partial charge on any atom is 0.253 e. The van der Waals surface area contributed by atoms with Gasteiger partial charge in [-0.05, 0) is 35.1 Å². The SMILES string of the molecule is CC(C)(C)c1ccc(C(=O)N(CCO)CCc2ccccc2)cc1. The molecule has 3 nitrogen and oxygen atoms in total. The third kappa shape index (κ3) is 4.93. The number of carbonyl (C=O) groups is 1. The summed E-state index contributed by atoms with van der Waals surface area (Å²) in [5.74, 6) is -0.0274. The fourth-order valence-electron chi connectivity index (χ4n) is 2.64. The summed E-state index contributed by atoms with van der Waals surface area (Å²) >= 11 is 0. The van der Waals surface area contributed by atoms with E-state index in [1.165, 1.54) is 11.1 Å². The second-order valence-corrected chi connectivity index (χ2v) is 7.08. The van der Waals surface area contributed by atoms with E-state index in [1.54, 1.807) is 4.90 Å². The Labute approximate surface area is 144 Å². The van der Waals surface area contributed by atoms with Crippen molar-refractivity contribution >= 4 is 5.91 Å². The summed E-state index contributed by atoms with van der Waals surface area (Å²) in [6.45, 7) is 7.39. The van der Waals surface area contributed by atoms with E-state index in [2.05, 4.69) is 32.9 Å². The molecule has 1 N–H and O–H groups in total. The van der Waals surface area contributed by atoms with Gasteiger partial charge in [0, 0.05) is 18.7 Å². The summed E-state index contributed by atoms with van der Waals surface area (Å²) in [5, 5.41) is 9.29. The van der Waals surface area contributed by atoms with Crippen LogP contribution in [0.5, 0.6) is 0 Å². The molecule has 0 atom stereocenters. The van der Waals surface area contributed by atoms with Crippen LogP contribution in [0.15, 0.2) is 54.6 Å². The summed E-state index contributed by atoms with van der Waals surface area (Å²) in [7, 11) is 0. The minimum absolute atomic E-state index is 0.0272. The van der Waals surface area contributed by atoms with Crippen molar-refractivity contribution in [3.05, 3.63) is 71.3 Å².